The third-order valence-electron chi connectivity index (χ3n) is 3.03. The Kier molecular flexibility index (Phi) is 5.33. The van der Waals surface area contributed by atoms with Crippen molar-refractivity contribution in [1.29, 1.82) is 0 Å². The summed E-state index contributed by atoms with van der Waals surface area (Å²) < 4.78 is 0. The molecule has 1 aromatic carbocycles. The maximum atomic E-state index is 5.60. The van der Waals surface area contributed by atoms with Crippen molar-refractivity contribution >= 4 is 5.69 Å². The average Bonchev–Trinajstić information content (AvgIpc) is 2.27. The molecular weight excluding hydrogens is 196 g/mol. The van der Waals surface area contributed by atoms with Crippen LogP contribution in [0.1, 0.15) is 25.8 Å². The van der Waals surface area contributed by atoms with Crippen LogP contribution in [0.15, 0.2) is 24.3 Å². The van der Waals surface area contributed by atoms with Crippen LogP contribution in [0.3, 0.4) is 0 Å². The number of nitrogens with two attached hydrogens (primary N) is 1. The van der Waals surface area contributed by atoms with Gasteiger partial charge in [0.25, 0.3) is 0 Å². The Balaban J connectivity index is 2.71. The predicted octanol–water partition coefficient (Wildman–Crippen LogP) is 2.81. The monoisotopic (exact) mass is 220 g/mol. The lowest BCUT2D eigenvalue weighted by Gasteiger charge is -2.28. The Morgan fingerprint density at radius 2 is 2.00 bits per heavy atom. The molecule has 1 atom stereocenters. The first-order chi connectivity index (χ1) is 7.69. The zero-order chi connectivity index (χ0) is 12.0. The van der Waals surface area contributed by atoms with Crippen molar-refractivity contribution in [2.45, 2.75) is 27.2 Å². The van der Waals surface area contributed by atoms with E-state index in [4.69, 9.17) is 5.73 Å². The van der Waals surface area contributed by atoms with Crippen LogP contribution in [0, 0.1) is 12.8 Å². The van der Waals surface area contributed by atoms with Gasteiger partial charge in [0.1, 0.15) is 0 Å². The van der Waals surface area contributed by atoms with Crippen molar-refractivity contribution in [3.05, 3.63) is 29.8 Å². The van der Waals surface area contributed by atoms with Crippen LogP contribution in [0.25, 0.3) is 0 Å². The smallest absolute Gasteiger partial charge is 0.0395 e. The third-order valence-corrected chi connectivity index (χ3v) is 3.03. The van der Waals surface area contributed by atoms with Gasteiger partial charge in [0, 0.05) is 18.8 Å². The van der Waals surface area contributed by atoms with Gasteiger partial charge in [-0.25, -0.2) is 0 Å². The molecule has 1 unspecified atom stereocenters. The maximum Gasteiger partial charge on any atom is 0.0395 e. The summed E-state index contributed by atoms with van der Waals surface area (Å²) in [5.41, 5.74) is 8.30. The van der Waals surface area contributed by atoms with Gasteiger partial charge in [-0.1, -0.05) is 25.1 Å². The second-order valence-electron chi connectivity index (χ2n) is 4.51. The summed E-state index contributed by atoms with van der Waals surface area (Å²) in [4.78, 5) is 2.44. The molecule has 1 aromatic rings. The summed E-state index contributed by atoms with van der Waals surface area (Å²) in [5.74, 6) is 0.657. The highest BCUT2D eigenvalue weighted by molar-refractivity contribution is 5.52. The number of rotatable bonds is 6. The van der Waals surface area contributed by atoms with E-state index in [1.807, 2.05) is 0 Å². The van der Waals surface area contributed by atoms with Crippen LogP contribution in [0.5, 0.6) is 0 Å². The third kappa shape index (κ3) is 3.53. The molecule has 0 spiro atoms. The minimum Gasteiger partial charge on any atom is -0.371 e. The molecule has 16 heavy (non-hydrogen) atoms. The lowest BCUT2D eigenvalue weighted by Crippen LogP contribution is -2.29. The SMILES string of the molecule is CCN(CC(C)CCN)c1ccccc1C. The number of aryl methyl sites for hydroxylation is 1. The van der Waals surface area contributed by atoms with Crippen LogP contribution in [-0.2, 0) is 0 Å². The van der Waals surface area contributed by atoms with E-state index < -0.39 is 0 Å². The molecule has 0 radical (unpaired) electrons. The Morgan fingerprint density at radius 1 is 1.31 bits per heavy atom. The van der Waals surface area contributed by atoms with Gasteiger partial charge in [0.05, 0.1) is 0 Å². The number of hydrogen-bond acceptors (Lipinski definition) is 2. The molecule has 1 rings (SSSR count). The molecule has 0 aromatic heterocycles. The van der Waals surface area contributed by atoms with Gasteiger partial charge < -0.3 is 10.6 Å². The summed E-state index contributed by atoms with van der Waals surface area (Å²) in [6.45, 7) is 9.59. The largest absolute Gasteiger partial charge is 0.371 e. The van der Waals surface area contributed by atoms with Gasteiger partial charge in [0.2, 0.25) is 0 Å². The van der Waals surface area contributed by atoms with Gasteiger partial charge in [-0.3, -0.25) is 0 Å². The van der Waals surface area contributed by atoms with Crippen LogP contribution < -0.4 is 10.6 Å². The highest BCUT2D eigenvalue weighted by Crippen LogP contribution is 2.20. The summed E-state index contributed by atoms with van der Waals surface area (Å²) in [7, 11) is 0. The minimum absolute atomic E-state index is 0.657. The summed E-state index contributed by atoms with van der Waals surface area (Å²) >= 11 is 0. The molecule has 2 N–H and O–H groups in total. The van der Waals surface area contributed by atoms with Crippen molar-refractivity contribution in [3.8, 4) is 0 Å². The van der Waals surface area contributed by atoms with Gasteiger partial charge in [-0.05, 0) is 44.4 Å². The molecule has 0 saturated carbocycles. The van der Waals surface area contributed by atoms with E-state index in [-0.39, 0.29) is 0 Å². The standard InChI is InChI=1S/C14H24N2/c1-4-16(11-12(2)9-10-15)14-8-6-5-7-13(14)3/h5-8,12H,4,9-11,15H2,1-3H3. The van der Waals surface area contributed by atoms with Gasteiger partial charge in [-0.15, -0.1) is 0 Å². The van der Waals surface area contributed by atoms with Crippen molar-refractivity contribution < 1.29 is 0 Å². The molecular formula is C14H24N2. The summed E-state index contributed by atoms with van der Waals surface area (Å²) in [6, 6.07) is 8.58. The minimum atomic E-state index is 0.657. The van der Waals surface area contributed by atoms with Gasteiger partial charge in [-0.2, -0.15) is 0 Å². The van der Waals surface area contributed by atoms with Crippen molar-refractivity contribution in [2.75, 3.05) is 24.5 Å². The Bertz CT molecular complexity index is 309. The fourth-order valence-corrected chi connectivity index (χ4v) is 2.07. The molecule has 2 heteroatoms. The molecule has 0 aliphatic rings. The molecule has 0 saturated heterocycles. The first kappa shape index (κ1) is 13.0. The van der Waals surface area contributed by atoms with E-state index in [0.717, 1.165) is 26.1 Å². The van der Waals surface area contributed by atoms with E-state index in [1.54, 1.807) is 0 Å². The van der Waals surface area contributed by atoms with E-state index in [9.17, 15) is 0 Å². The molecule has 0 bridgehead atoms. The fraction of sp³-hybridized carbons (Fsp3) is 0.571. The Labute approximate surface area is 99.5 Å². The molecule has 90 valence electrons. The van der Waals surface area contributed by atoms with Crippen molar-refractivity contribution in [3.63, 3.8) is 0 Å². The fourth-order valence-electron chi connectivity index (χ4n) is 2.07. The van der Waals surface area contributed by atoms with E-state index in [0.29, 0.717) is 5.92 Å². The molecule has 0 fully saturated rings. The molecule has 0 aliphatic carbocycles. The van der Waals surface area contributed by atoms with Gasteiger partial charge in [0.15, 0.2) is 0 Å². The topological polar surface area (TPSA) is 29.3 Å². The summed E-state index contributed by atoms with van der Waals surface area (Å²) in [5, 5.41) is 0. The van der Waals surface area contributed by atoms with Crippen LogP contribution in [0.2, 0.25) is 0 Å². The zero-order valence-corrected chi connectivity index (χ0v) is 10.7. The molecule has 0 amide bonds. The second-order valence-corrected chi connectivity index (χ2v) is 4.51. The normalized spacial score (nSPS) is 12.5. The molecule has 0 heterocycles. The predicted molar refractivity (Wildman–Crippen MR) is 71.9 cm³/mol. The molecule has 2 nitrogen and oxygen atoms in total. The zero-order valence-electron chi connectivity index (χ0n) is 10.7. The van der Waals surface area contributed by atoms with E-state index in [1.165, 1.54) is 11.3 Å². The number of benzene rings is 1. The average molecular weight is 220 g/mol. The highest BCUT2D eigenvalue weighted by atomic mass is 15.1. The number of anilines is 1. The van der Waals surface area contributed by atoms with Gasteiger partial charge >= 0.3 is 0 Å². The quantitative estimate of drug-likeness (QED) is 0.798. The second kappa shape index (κ2) is 6.54. The van der Waals surface area contributed by atoms with Crippen LogP contribution in [0.4, 0.5) is 5.69 Å². The van der Waals surface area contributed by atoms with Crippen molar-refractivity contribution in [1.82, 2.24) is 0 Å². The van der Waals surface area contributed by atoms with Crippen molar-refractivity contribution in [2.24, 2.45) is 11.7 Å². The Morgan fingerprint density at radius 3 is 2.56 bits per heavy atom. The maximum absolute atomic E-state index is 5.60. The van der Waals surface area contributed by atoms with Crippen LogP contribution >= 0.6 is 0 Å². The number of nitrogens with zero attached hydrogens (tertiary/aromatic N) is 1. The number of para-hydroxylation sites is 1. The summed E-state index contributed by atoms with van der Waals surface area (Å²) in [6.07, 6.45) is 1.10. The first-order valence-corrected chi connectivity index (χ1v) is 6.19. The lowest BCUT2D eigenvalue weighted by molar-refractivity contribution is 0.529. The van der Waals surface area contributed by atoms with E-state index in [2.05, 4.69) is 49.9 Å². The highest BCUT2D eigenvalue weighted by Gasteiger charge is 2.10. The lowest BCUT2D eigenvalue weighted by atomic mass is 10.1. The van der Waals surface area contributed by atoms with Crippen LogP contribution in [-0.4, -0.2) is 19.6 Å². The van der Waals surface area contributed by atoms with E-state index >= 15 is 0 Å². The first-order valence-electron chi connectivity index (χ1n) is 6.19. The Hall–Kier alpha value is -1.02. The molecule has 0 aliphatic heterocycles. The number of hydrogen-bond donors (Lipinski definition) is 1.